The van der Waals surface area contributed by atoms with E-state index in [9.17, 15) is 0 Å². The van der Waals surface area contributed by atoms with Crippen molar-refractivity contribution in [3.05, 3.63) is 29.3 Å². The summed E-state index contributed by atoms with van der Waals surface area (Å²) < 4.78 is 5.53. The minimum Gasteiger partial charge on any atom is -0.496 e. The van der Waals surface area contributed by atoms with Crippen molar-refractivity contribution in [2.24, 2.45) is 5.92 Å². The molecular weight excluding hydrogens is 260 g/mol. The fourth-order valence-corrected chi connectivity index (χ4v) is 2.54. The van der Waals surface area contributed by atoms with E-state index in [0.717, 1.165) is 38.5 Å². The topological polar surface area (TPSA) is 24.5 Å². The van der Waals surface area contributed by atoms with E-state index in [1.807, 2.05) is 0 Å². The van der Waals surface area contributed by atoms with Crippen molar-refractivity contribution in [2.45, 2.75) is 47.2 Å². The molecule has 1 aromatic carbocycles. The second-order valence-electron chi connectivity index (χ2n) is 6.04. The highest BCUT2D eigenvalue weighted by molar-refractivity contribution is 5.37. The molecule has 0 bridgehead atoms. The number of hydrogen-bond acceptors (Lipinski definition) is 3. The fourth-order valence-electron chi connectivity index (χ4n) is 2.54. The van der Waals surface area contributed by atoms with Crippen LogP contribution in [0.1, 0.15) is 45.2 Å². The normalized spacial score (nSPS) is 11.4. The van der Waals surface area contributed by atoms with Gasteiger partial charge in [-0.25, -0.2) is 0 Å². The molecule has 0 unspecified atom stereocenters. The highest BCUT2D eigenvalue weighted by Crippen LogP contribution is 2.22. The van der Waals surface area contributed by atoms with Crippen LogP contribution in [0.5, 0.6) is 5.75 Å². The van der Waals surface area contributed by atoms with Crippen molar-refractivity contribution in [1.29, 1.82) is 0 Å². The summed E-state index contributed by atoms with van der Waals surface area (Å²) in [5, 5.41) is 3.46. The standard InChI is InChI=1S/C18H32N2O/c1-6-10-19-12-16-8-9-18(21-5)17(11-16)14-20(7-2)13-15(3)4/h8-9,11,15,19H,6-7,10,12-14H2,1-5H3. The van der Waals surface area contributed by atoms with Crippen LogP contribution < -0.4 is 10.1 Å². The Hall–Kier alpha value is -1.06. The Morgan fingerprint density at radius 3 is 2.57 bits per heavy atom. The van der Waals surface area contributed by atoms with Crippen molar-refractivity contribution in [2.75, 3.05) is 26.7 Å². The fraction of sp³-hybridized carbons (Fsp3) is 0.667. The molecule has 0 aliphatic heterocycles. The van der Waals surface area contributed by atoms with Crippen LogP contribution in [0.3, 0.4) is 0 Å². The quantitative estimate of drug-likeness (QED) is 0.666. The van der Waals surface area contributed by atoms with Crippen LogP contribution in [0.25, 0.3) is 0 Å². The Labute approximate surface area is 130 Å². The van der Waals surface area contributed by atoms with Gasteiger partial charge in [0.25, 0.3) is 0 Å². The molecule has 120 valence electrons. The van der Waals surface area contributed by atoms with Gasteiger partial charge in [0.1, 0.15) is 5.75 Å². The van der Waals surface area contributed by atoms with Crippen LogP contribution in [0.4, 0.5) is 0 Å². The molecule has 0 amide bonds. The summed E-state index contributed by atoms with van der Waals surface area (Å²) in [6.07, 6.45) is 1.17. The zero-order valence-corrected chi connectivity index (χ0v) is 14.4. The molecule has 0 aromatic heterocycles. The number of methoxy groups -OCH3 is 1. The minimum absolute atomic E-state index is 0.686. The average Bonchev–Trinajstić information content (AvgIpc) is 2.46. The van der Waals surface area contributed by atoms with E-state index in [0.29, 0.717) is 5.92 Å². The first-order valence-corrected chi connectivity index (χ1v) is 8.19. The summed E-state index contributed by atoms with van der Waals surface area (Å²) in [5.41, 5.74) is 2.62. The Kier molecular flexibility index (Phi) is 8.40. The van der Waals surface area contributed by atoms with Gasteiger partial charge in [0.2, 0.25) is 0 Å². The van der Waals surface area contributed by atoms with Crippen LogP contribution in [0.2, 0.25) is 0 Å². The number of nitrogens with zero attached hydrogens (tertiary/aromatic N) is 1. The first-order valence-electron chi connectivity index (χ1n) is 8.19. The minimum atomic E-state index is 0.686. The van der Waals surface area contributed by atoms with Gasteiger partial charge in [0.15, 0.2) is 0 Å². The van der Waals surface area contributed by atoms with E-state index in [1.165, 1.54) is 17.5 Å². The molecule has 3 nitrogen and oxygen atoms in total. The third-order valence-corrected chi connectivity index (χ3v) is 3.57. The second kappa shape index (κ2) is 9.80. The number of rotatable bonds is 10. The van der Waals surface area contributed by atoms with Gasteiger partial charge in [-0.2, -0.15) is 0 Å². The molecule has 0 heterocycles. The molecule has 21 heavy (non-hydrogen) atoms. The molecule has 0 atom stereocenters. The van der Waals surface area contributed by atoms with Gasteiger partial charge in [-0.15, -0.1) is 0 Å². The van der Waals surface area contributed by atoms with Crippen molar-refractivity contribution < 1.29 is 4.74 Å². The molecule has 0 spiro atoms. The summed E-state index contributed by atoms with van der Waals surface area (Å²) in [5.74, 6) is 1.68. The van der Waals surface area contributed by atoms with E-state index in [1.54, 1.807) is 7.11 Å². The SMILES string of the molecule is CCCNCc1ccc(OC)c(CN(CC)CC(C)C)c1. The highest BCUT2D eigenvalue weighted by Gasteiger charge is 2.10. The Bertz CT molecular complexity index is 404. The summed E-state index contributed by atoms with van der Waals surface area (Å²) in [4.78, 5) is 2.48. The van der Waals surface area contributed by atoms with Crippen LogP contribution in [-0.4, -0.2) is 31.6 Å². The van der Waals surface area contributed by atoms with E-state index in [-0.39, 0.29) is 0 Å². The molecular formula is C18H32N2O. The molecule has 0 aliphatic carbocycles. The third-order valence-electron chi connectivity index (χ3n) is 3.57. The summed E-state index contributed by atoms with van der Waals surface area (Å²) >= 11 is 0. The first-order chi connectivity index (χ1) is 10.1. The lowest BCUT2D eigenvalue weighted by atomic mass is 10.1. The molecule has 0 saturated heterocycles. The molecule has 0 aliphatic rings. The van der Waals surface area contributed by atoms with Crippen LogP contribution in [0, 0.1) is 5.92 Å². The molecule has 0 radical (unpaired) electrons. The number of nitrogens with one attached hydrogen (secondary N) is 1. The number of benzene rings is 1. The summed E-state index contributed by atoms with van der Waals surface area (Å²) in [6, 6.07) is 6.54. The van der Waals surface area contributed by atoms with E-state index in [4.69, 9.17) is 4.74 Å². The maximum atomic E-state index is 5.53. The first kappa shape index (κ1) is 18.0. The maximum absolute atomic E-state index is 5.53. The van der Waals surface area contributed by atoms with Gasteiger partial charge >= 0.3 is 0 Å². The second-order valence-corrected chi connectivity index (χ2v) is 6.04. The average molecular weight is 292 g/mol. The van der Waals surface area contributed by atoms with E-state index >= 15 is 0 Å². The van der Waals surface area contributed by atoms with Crippen molar-refractivity contribution in [3.63, 3.8) is 0 Å². The Morgan fingerprint density at radius 1 is 1.24 bits per heavy atom. The van der Waals surface area contributed by atoms with E-state index < -0.39 is 0 Å². The number of ether oxygens (including phenoxy) is 1. The summed E-state index contributed by atoms with van der Waals surface area (Å²) in [6.45, 7) is 14.1. The lowest BCUT2D eigenvalue weighted by molar-refractivity contribution is 0.244. The monoisotopic (exact) mass is 292 g/mol. The molecule has 0 fully saturated rings. The third kappa shape index (κ3) is 6.49. The predicted octanol–water partition coefficient (Wildman–Crippen LogP) is 3.67. The molecule has 3 heteroatoms. The number of hydrogen-bond donors (Lipinski definition) is 1. The Balaban J connectivity index is 2.78. The van der Waals surface area contributed by atoms with Gasteiger partial charge in [-0.1, -0.05) is 33.8 Å². The molecule has 1 aromatic rings. The largest absolute Gasteiger partial charge is 0.496 e. The smallest absolute Gasteiger partial charge is 0.123 e. The van der Waals surface area contributed by atoms with Crippen LogP contribution in [-0.2, 0) is 13.1 Å². The lowest BCUT2D eigenvalue weighted by Crippen LogP contribution is -2.27. The zero-order valence-electron chi connectivity index (χ0n) is 14.4. The van der Waals surface area contributed by atoms with Crippen molar-refractivity contribution >= 4 is 0 Å². The predicted molar refractivity (Wildman–Crippen MR) is 90.8 cm³/mol. The molecule has 1 rings (SSSR count). The van der Waals surface area contributed by atoms with Gasteiger partial charge in [-0.3, -0.25) is 4.90 Å². The van der Waals surface area contributed by atoms with Gasteiger partial charge in [-0.05, 0) is 43.1 Å². The Morgan fingerprint density at radius 2 is 2.00 bits per heavy atom. The van der Waals surface area contributed by atoms with Crippen molar-refractivity contribution in [1.82, 2.24) is 10.2 Å². The summed E-state index contributed by atoms with van der Waals surface area (Å²) in [7, 11) is 1.76. The van der Waals surface area contributed by atoms with E-state index in [2.05, 4.69) is 56.1 Å². The zero-order chi connectivity index (χ0) is 15.7. The molecule has 0 saturated carbocycles. The van der Waals surface area contributed by atoms with Gasteiger partial charge in [0.05, 0.1) is 7.11 Å². The van der Waals surface area contributed by atoms with Crippen molar-refractivity contribution in [3.8, 4) is 5.75 Å². The van der Waals surface area contributed by atoms with Crippen LogP contribution >= 0.6 is 0 Å². The molecule has 1 N–H and O–H groups in total. The van der Waals surface area contributed by atoms with Crippen LogP contribution in [0.15, 0.2) is 18.2 Å². The van der Waals surface area contributed by atoms with Gasteiger partial charge in [0, 0.05) is 25.2 Å². The highest BCUT2D eigenvalue weighted by atomic mass is 16.5. The lowest BCUT2D eigenvalue weighted by Gasteiger charge is -2.24. The van der Waals surface area contributed by atoms with Gasteiger partial charge < -0.3 is 10.1 Å². The maximum Gasteiger partial charge on any atom is 0.123 e.